The molecule has 0 aromatic heterocycles. The largest absolute Gasteiger partial charge is 0.365 e. The fourth-order valence-corrected chi connectivity index (χ4v) is 4.12. The lowest BCUT2D eigenvalue weighted by atomic mass is 9.87. The Hall–Kier alpha value is -0.810. The Labute approximate surface area is 150 Å². The first-order valence-electron chi connectivity index (χ1n) is 7.41. The second-order valence-corrected chi connectivity index (χ2v) is 7.28. The molecule has 0 fully saturated rings. The smallest absolute Gasteiger partial charge is 0.131 e. The second kappa shape index (κ2) is 6.98. The van der Waals surface area contributed by atoms with Crippen molar-refractivity contribution in [3.05, 3.63) is 45.6 Å². The molecule has 0 N–H and O–H groups in total. The van der Waals surface area contributed by atoms with Crippen molar-refractivity contribution >= 4 is 46.9 Å². The van der Waals surface area contributed by atoms with Crippen LogP contribution in [-0.2, 0) is 16.8 Å². The highest BCUT2D eigenvalue weighted by Gasteiger charge is 2.44. The average Bonchev–Trinajstić information content (AvgIpc) is 2.92. The highest BCUT2D eigenvalue weighted by molar-refractivity contribution is 7.98. The van der Waals surface area contributed by atoms with Gasteiger partial charge in [0.2, 0.25) is 0 Å². The average molecular weight is 369 g/mol. The molecule has 1 spiro atoms. The van der Waals surface area contributed by atoms with E-state index in [2.05, 4.69) is 22.8 Å². The molecule has 23 heavy (non-hydrogen) atoms. The summed E-state index contributed by atoms with van der Waals surface area (Å²) in [6.07, 6.45) is 4.46. The van der Waals surface area contributed by atoms with Gasteiger partial charge in [-0.1, -0.05) is 35.3 Å². The zero-order valence-corrected chi connectivity index (χ0v) is 15.3. The van der Waals surface area contributed by atoms with Gasteiger partial charge in [-0.05, 0) is 43.0 Å². The number of benzene rings is 1. The van der Waals surface area contributed by atoms with E-state index in [-0.39, 0.29) is 5.60 Å². The number of hydrogen-bond acceptors (Lipinski definition) is 4. The maximum absolute atomic E-state index is 6.33. The van der Waals surface area contributed by atoms with Gasteiger partial charge >= 0.3 is 0 Å². The van der Waals surface area contributed by atoms with E-state index >= 15 is 0 Å². The normalized spacial score (nSPS) is 24.2. The molecule has 0 saturated heterocycles. The van der Waals surface area contributed by atoms with Crippen molar-refractivity contribution in [2.75, 3.05) is 18.7 Å². The summed E-state index contributed by atoms with van der Waals surface area (Å²) in [7, 11) is 0. The van der Waals surface area contributed by atoms with Crippen LogP contribution in [0.5, 0.6) is 0 Å². The summed E-state index contributed by atoms with van der Waals surface area (Å²) < 4.78 is 6.28. The molecule has 0 amide bonds. The Morgan fingerprint density at radius 1 is 1.48 bits per heavy atom. The van der Waals surface area contributed by atoms with Gasteiger partial charge in [-0.15, -0.1) is 11.8 Å². The minimum absolute atomic E-state index is 0.364. The summed E-state index contributed by atoms with van der Waals surface area (Å²) in [5, 5.41) is 1.28. The molecule has 1 aromatic carbocycles. The quantitative estimate of drug-likeness (QED) is 0.714. The van der Waals surface area contributed by atoms with Crippen LogP contribution in [0.15, 0.2) is 39.5 Å². The van der Waals surface area contributed by atoms with Gasteiger partial charge in [-0.3, -0.25) is 9.98 Å². The minimum Gasteiger partial charge on any atom is -0.365 e. The van der Waals surface area contributed by atoms with Crippen LogP contribution in [0.25, 0.3) is 0 Å². The van der Waals surface area contributed by atoms with Crippen LogP contribution >= 0.6 is 35.0 Å². The lowest BCUT2D eigenvalue weighted by molar-refractivity contribution is -0.0457. The number of nitrogens with zero attached hydrogens (tertiary/aromatic N) is 2. The SMILES string of the molecule is C=NC1=C(/C(Cl)=N\CSC)COC2(CCc3c(Cl)cccc32)C1. The molecular formula is C17H18Cl2N2OS. The van der Waals surface area contributed by atoms with Crippen molar-refractivity contribution < 1.29 is 4.74 Å². The molecule has 3 nitrogen and oxygen atoms in total. The van der Waals surface area contributed by atoms with Crippen molar-refractivity contribution in [2.45, 2.75) is 24.9 Å². The van der Waals surface area contributed by atoms with Crippen molar-refractivity contribution in [2.24, 2.45) is 9.98 Å². The first-order valence-corrected chi connectivity index (χ1v) is 9.56. The predicted octanol–water partition coefficient (Wildman–Crippen LogP) is 4.81. The maximum Gasteiger partial charge on any atom is 0.131 e. The molecule has 1 aliphatic heterocycles. The van der Waals surface area contributed by atoms with Gasteiger partial charge in [0, 0.05) is 17.0 Å². The van der Waals surface area contributed by atoms with E-state index < -0.39 is 0 Å². The number of ether oxygens (including phenoxy) is 1. The Kier molecular flexibility index (Phi) is 5.16. The van der Waals surface area contributed by atoms with E-state index in [9.17, 15) is 0 Å². The molecule has 2 aliphatic rings. The number of aliphatic imine (C=N–C) groups is 2. The van der Waals surface area contributed by atoms with Crippen molar-refractivity contribution in [1.82, 2.24) is 0 Å². The number of halogens is 2. The van der Waals surface area contributed by atoms with Gasteiger partial charge in [0.15, 0.2) is 0 Å². The molecule has 1 heterocycles. The van der Waals surface area contributed by atoms with Crippen LogP contribution in [0.3, 0.4) is 0 Å². The first kappa shape index (κ1) is 17.0. The highest BCUT2D eigenvalue weighted by Crippen LogP contribution is 2.49. The lowest BCUT2D eigenvalue weighted by Crippen LogP contribution is -2.33. The molecule has 122 valence electrons. The molecule has 1 atom stereocenters. The third kappa shape index (κ3) is 3.10. The fourth-order valence-electron chi connectivity index (χ4n) is 3.30. The Morgan fingerprint density at radius 3 is 3.04 bits per heavy atom. The molecule has 6 heteroatoms. The third-order valence-electron chi connectivity index (χ3n) is 4.46. The molecule has 0 bridgehead atoms. The standard InChI is InChI=1S/C17H18Cl2N2OS/c1-20-15-8-17(22-9-12(15)16(19)21-10-23-2)7-6-11-13(17)4-3-5-14(11)18/h3-5H,1,6-10H2,2H3/b21-16+. The van der Waals surface area contributed by atoms with Crippen molar-refractivity contribution in [3.8, 4) is 0 Å². The van der Waals surface area contributed by atoms with Gasteiger partial charge < -0.3 is 4.74 Å². The van der Waals surface area contributed by atoms with E-state index in [0.29, 0.717) is 24.1 Å². The zero-order valence-electron chi connectivity index (χ0n) is 12.9. The van der Waals surface area contributed by atoms with E-state index in [0.717, 1.165) is 29.1 Å². The van der Waals surface area contributed by atoms with E-state index in [4.69, 9.17) is 27.9 Å². The highest BCUT2D eigenvalue weighted by atomic mass is 35.5. The van der Waals surface area contributed by atoms with Crippen molar-refractivity contribution in [1.29, 1.82) is 0 Å². The Morgan fingerprint density at radius 2 is 2.30 bits per heavy atom. The molecule has 0 radical (unpaired) electrons. The monoisotopic (exact) mass is 368 g/mol. The van der Waals surface area contributed by atoms with Crippen LogP contribution in [0.1, 0.15) is 24.0 Å². The van der Waals surface area contributed by atoms with E-state index in [1.807, 2.05) is 18.4 Å². The van der Waals surface area contributed by atoms with Crippen LogP contribution in [-0.4, -0.2) is 30.6 Å². The summed E-state index contributed by atoms with van der Waals surface area (Å²) >= 11 is 14.3. The molecule has 3 rings (SSSR count). The number of rotatable bonds is 4. The van der Waals surface area contributed by atoms with Crippen LogP contribution < -0.4 is 0 Å². The molecule has 1 aromatic rings. The summed E-state index contributed by atoms with van der Waals surface area (Å²) in [6, 6.07) is 6.01. The van der Waals surface area contributed by atoms with Gasteiger partial charge in [-0.2, -0.15) is 0 Å². The summed E-state index contributed by atoms with van der Waals surface area (Å²) in [6.45, 7) is 4.12. The van der Waals surface area contributed by atoms with Gasteiger partial charge in [0.1, 0.15) is 5.17 Å². The molecular weight excluding hydrogens is 351 g/mol. The van der Waals surface area contributed by atoms with E-state index in [1.165, 1.54) is 11.1 Å². The third-order valence-corrected chi connectivity index (χ3v) is 5.54. The van der Waals surface area contributed by atoms with Gasteiger partial charge in [-0.25, -0.2) is 0 Å². The second-order valence-electron chi connectivity index (χ2n) is 5.68. The topological polar surface area (TPSA) is 34.0 Å². The lowest BCUT2D eigenvalue weighted by Gasteiger charge is -2.36. The number of thioether (sulfide) groups is 1. The predicted molar refractivity (Wildman–Crippen MR) is 100 cm³/mol. The first-order chi connectivity index (χ1) is 11.1. The fraction of sp³-hybridized carbons (Fsp3) is 0.412. The maximum atomic E-state index is 6.33. The summed E-state index contributed by atoms with van der Waals surface area (Å²) in [4.78, 5) is 8.55. The Bertz CT molecular complexity index is 702. The van der Waals surface area contributed by atoms with Crippen LogP contribution in [0.2, 0.25) is 5.02 Å². The molecule has 1 unspecified atom stereocenters. The minimum atomic E-state index is -0.364. The Balaban J connectivity index is 1.96. The van der Waals surface area contributed by atoms with Crippen molar-refractivity contribution in [3.63, 3.8) is 0 Å². The zero-order chi connectivity index (χ0) is 16.4. The van der Waals surface area contributed by atoms with E-state index in [1.54, 1.807) is 11.8 Å². The molecule has 1 aliphatic carbocycles. The number of hydrogen-bond donors (Lipinski definition) is 0. The van der Waals surface area contributed by atoms with Crippen LogP contribution in [0, 0.1) is 0 Å². The summed E-state index contributed by atoms with van der Waals surface area (Å²) in [5.41, 5.74) is 3.71. The van der Waals surface area contributed by atoms with Crippen LogP contribution in [0.4, 0.5) is 0 Å². The molecule has 0 saturated carbocycles. The number of fused-ring (bicyclic) bond motifs is 2. The summed E-state index contributed by atoms with van der Waals surface area (Å²) in [5.74, 6) is 0.621. The van der Waals surface area contributed by atoms with Gasteiger partial charge in [0.25, 0.3) is 0 Å². The van der Waals surface area contributed by atoms with Gasteiger partial charge in [0.05, 0.1) is 23.8 Å².